The van der Waals surface area contributed by atoms with Crippen LogP contribution in [0.2, 0.25) is 0 Å². The molecule has 5 heterocycles. The van der Waals surface area contributed by atoms with Crippen LogP contribution in [0.1, 0.15) is 32.1 Å². The van der Waals surface area contributed by atoms with E-state index in [2.05, 4.69) is 59.7 Å². The van der Waals surface area contributed by atoms with Crippen LogP contribution in [0.4, 0.5) is 5.69 Å². The highest BCUT2D eigenvalue weighted by atomic mass is 16.1. The summed E-state index contributed by atoms with van der Waals surface area (Å²) in [4.78, 5) is 29.6. The van der Waals surface area contributed by atoms with Crippen molar-refractivity contribution < 1.29 is 4.79 Å². The van der Waals surface area contributed by atoms with Crippen LogP contribution in [-0.2, 0) is 4.79 Å². The lowest BCUT2D eigenvalue weighted by Crippen LogP contribution is -2.24. The molecule has 0 radical (unpaired) electrons. The van der Waals surface area contributed by atoms with Gasteiger partial charge in [-0.25, -0.2) is 0 Å². The van der Waals surface area contributed by atoms with Gasteiger partial charge in [-0.15, -0.1) is 0 Å². The summed E-state index contributed by atoms with van der Waals surface area (Å²) in [6, 6.07) is 16.3. The molecule has 0 unspecified atom stereocenters. The zero-order valence-electron chi connectivity index (χ0n) is 21.3. The first-order valence-electron chi connectivity index (χ1n) is 13.4. The molecule has 0 saturated heterocycles. The minimum atomic E-state index is 0.0821. The molecule has 6 aromatic rings. The number of carbonyl (C=O) groups excluding carboxylic acids is 1. The average Bonchev–Trinajstić information content (AvgIpc) is 3.62. The predicted octanol–water partition coefficient (Wildman–Crippen LogP) is 6.75. The number of H-pyrrole nitrogens is 2. The summed E-state index contributed by atoms with van der Waals surface area (Å²) in [7, 11) is 0. The monoisotopic (exact) mass is 513 g/mol. The van der Waals surface area contributed by atoms with Gasteiger partial charge in [-0.05, 0) is 48.7 Å². The zero-order valence-corrected chi connectivity index (χ0v) is 21.3. The number of fused-ring (bicyclic) bond motifs is 2. The van der Waals surface area contributed by atoms with E-state index in [4.69, 9.17) is 0 Å². The summed E-state index contributed by atoms with van der Waals surface area (Å²) in [5.41, 5.74) is 8.07. The number of nitrogens with one attached hydrogen (secondary N) is 3. The summed E-state index contributed by atoms with van der Waals surface area (Å²) in [5, 5.41) is 12.9. The molecule has 8 nitrogen and oxygen atoms in total. The van der Waals surface area contributed by atoms with Crippen molar-refractivity contribution in [3.8, 4) is 33.8 Å². The highest BCUT2D eigenvalue weighted by Crippen LogP contribution is 2.35. The molecule has 0 aliphatic heterocycles. The molecule has 192 valence electrons. The van der Waals surface area contributed by atoms with E-state index < -0.39 is 0 Å². The number of anilines is 1. The number of amides is 1. The lowest BCUT2D eigenvalue weighted by atomic mass is 9.88. The Labute approximate surface area is 224 Å². The molecule has 1 saturated carbocycles. The molecule has 39 heavy (non-hydrogen) atoms. The zero-order chi connectivity index (χ0) is 26.2. The summed E-state index contributed by atoms with van der Waals surface area (Å²) in [6.07, 6.45) is 14.3. The first kappa shape index (κ1) is 23.3. The molecule has 3 N–H and O–H groups in total. The number of aromatic amines is 2. The van der Waals surface area contributed by atoms with Gasteiger partial charge in [0.2, 0.25) is 5.91 Å². The van der Waals surface area contributed by atoms with Gasteiger partial charge in [0.15, 0.2) is 0 Å². The third kappa shape index (κ3) is 4.44. The van der Waals surface area contributed by atoms with E-state index in [1.54, 1.807) is 24.8 Å². The Kier molecular flexibility index (Phi) is 5.85. The quantitative estimate of drug-likeness (QED) is 0.236. The van der Waals surface area contributed by atoms with E-state index in [0.717, 1.165) is 81.3 Å². The van der Waals surface area contributed by atoms with Crippen LogP contribution in [0.3, 0.4) is 0 Å². The Bertz CT molecular complexity index is 1800. The molecule has 5 aromatic heterocycles. The third-order valence-corrected chi connectivity index (χ3v) is 7.62. The van der Waals surface area contributed by atoms with Crippen molar-refractivity contribution in [2.24, 2.45) is 5.92 Å². The first-order valence-corrected chi connectivity index (χ1v) is 13.4. The molecule has 0 bridgehead atoms. The molecule has 1 aliphatic carbocycles. The van der Waals surface area contributed by atoms with Gasteiger partial charge in [0.25, 0.3) is 0 Å². The Morgan fingerprint density at radius 3 is 2.62 bits per heavy atom. The highest BCUT2D eigenvalue weighted by Gasteiger charge is 2.21. The van der Waals surface area contributed by atoms with Gasteiger partial charge < -0.3 is 10.3 Å². The highest BCUT2D eigenvalue weighted by molar-refractivity contribution is 6.01. The fourth-order valence-electron chi connectivity index (χ4n) is 5.59. The first-order chi connectivity index (χ1) is 19.2. The summed E-state index contributed by atoms with van der Waals surface area (Å²) < 4.78 is 0. The number of benzene rings is 1. The molecule has 1 amide bonds. The Balaban J connectivity index is 1.23. The van der Waals surface area contributed by atoms with Crippen LogP contribution in [0.25, 0.3) is 55.6 Å². The van der Waals surface area contributed by atoms with Crippen molar-refractivity contribution in [2.75, 3.05) is 5.32 Å². The van der Waals surface area contributed by atoms with Crippen LogP contribution >= 0.6 is 0 Å². The number of hydrogen-bond donors (Lipinski definition) is 3. The van der Waals surface area contributed by atoms with Crippen LogP contribution in [-0.4, -0.2) is 36.0 Å². The summed E-state index contributed by atoms with van der Waals surface area (Å²) in [6.45, 7) is 0. The largest absolute Gasteiger partial charge is 0.353 e. The Hall–Kier alpha value is -4.85. The van der Waals surface area contributed by atoms with E-state index >= 15 is 0 Å². The minimum Gasteiger partial charge on any atom is -0.353 e. The molecule has 1 aromatic carbocycles. The number of carbonyl (C=O) groups is 1. The molecule has 0 spiro atoms. The number of nitrogens with zero attached hydrogens (tertiary/aromatic N) is 4. The van der Waals surface area contributed by atoms with Crippen LogP contribution in [0, 0.1) is 5.92 Å². The van der Waals surface area contributed by atoms with Crippen molar-refractivity contribution in [2.45, 2.75) is 32.1 Å². The smallest absolute Gasteiger partial charge is 0.227 e. The maximum absolute atomic E-state index is 12.8. The van der Waals surface area contributed by atoms with Crippen molar-refractivity contribution in [1.29, 1.82) is 0 Å². The fourth-order valence-corrected chi connectivity index (χ4v) is 5.59. The molecule has 8 heteroatoms. The van der Waals surface area contributed by atoms with Gasteiger partial charge in [-0.3, -0.25) is 24.8 Å². The Morgan fingerprint density at radius 2 is 1.74 bits per heavy atom. The van der Waals surface area contributed by atoms with Crippen LogP contribution in [0.15, 0.2) is 79.5 Å². The van der Waals surface area contributed by atoms with Gasteiger partial charge in [0.1, 0.15) is 5.69 Å². The van der Waals surface area contributed by atoms with E-state index in [9.17, 15) is 4.79 Å². The van der Waals surface area contributed by atoms with E-state index in [0.29, 0.717) is 5.69 Å². The molecular weight excluding hydrogens is 486 g/mol. The topological polar surface area (TPSA) is 112 Å². The van der Waals surface area contributed by atoms with Gasteiger partial charge in [-0.2, -0.15) is 5.10 Å². The maximum atomic E-state index is 12.8. The molecule has 1 aliphatic rings. The number of aromatic nitrogens is 6. The van der Waals surface area contributed by atoms with Gasteiger partial charge in [-0.1, -0.05) is 37.5 Å². The summed E-state index contributed by atoms with van der Waals surface area (Å²) in [5.74, 6) is 0.166. The van der Waals surface area contributed by atoms with Crippen LogP contribution < -0.4 is 5.32 Å². The minimum absolute atomic E-state index is 0.0821. The number of pyridine rings is 3. The number of rotatable bonds is 5. The van der Waals surface area contributed by atoms with E-state index in [-0.39, 0.29) is 11.8 Å². The maximum Gasteiger partial charge on any atom is 0.227 e. The van der Waals surface area contributed by atoms with Gasteiger partial charge in [0.05, 0.1) is 35.0 Å². The number of hydrogen-bond acceptors (Lipinski definition) is 5. The summed E-state index contributed by atoms with van der Waals surface area (Å²) >= 11 is 0. The Morgan fingerprint density at radius 1 is 0.846 bits per heavy atom. The SMILES string of the molecule is O=C(Nc1cncc(-c2cc3c(-c4cc5c(-c6cccnc6)cccc5[nH]4)n[nH]c3cn2)c1)C1CCCCC1. The average molecular weight is 514 g/mol. The lowest BCUT2D eigenvalue weighted by Gasteiger charge is -2.20. The van der Waals surface area contributed by atoms with Gasteiger partial charge >= 0.3 is 0 Å². The molecular formula is C31H27N7O. The second-order valence-corrected chi connectivity index (χ2v) is 10.2. The third-order valence-electron chi connectivity index (χ3n) is 7.62. The molecule has 0 atom stereocenters. The van der Waals surface area contributed by atoms with Crippen molar-refractivity contribution in [3.05, 3.63) is 79.5 Å². The van der Waals surface area contributed by atoms with Crippen molar-refractivity contribution in [3.63, 3.8) is 0 Å². The predicted molar refractivity (Wildman–Crippen MR) is 153 cm³/mol. The molecule has 1 fully saturated rings. The van der Waals surface area contributed by atoms with E-state index in [1.165, 1.54) is 6.42 Å². The molecule has 7 rings (SSSR count). The lowest BCUT2D eigenvalue weighted by molar-refractivity contribution is -0.120. The van der Waals surface area contributed by atoms with Crippen LogP contribution in [0.5, 0.6) is 0 Å². The second-order valence-electron chi connectivity index (χ2n) is 10.2. The van der Waals surface area contributed by atoms with Crippen molar-refractivity contribution >= 4 is 33.4 Å². The second kappa shape index (κ2) is 9.79. The van der Waals surface area contributed by atoms with Gasteiger partial charge in [0, 0.05) is 51.9 Å². The van der Waals surface area contributed by atoms with Crippen molar-refractivity contribution in [1.82, 2.24) is 30.1 Å². The van der Waals surface area contributed by atoms with E-state index in [1.807, 2.05) is 30.5 Å². The fraction of sp³-hybridized carbons (Fsp3) is 0.194. The normalized spacial score (nSPS) is 14.2. The standard InChI is InChI=1S/C31H27N7O/c39-31(19-6-2-1-3-7-19)35-22-12-21(16-33-17-22)27-14-25-29(18-34-27)37-38-30(25)28-13-24-23(9-4-10-26(24)36-28)20-8-5-11-32-15-20/h4-5,8-19,36H,1-3,6-7H2,(H,35,39)(H,37,38).